The SMILES string of the molecule is C/C(=C\COP(=O)(O)OP(=O)(O)O)CC[C@@H]1[C@@](C)(O)CCC2C(C)(C)CCC[C@]21C. The molecule has 0 spiro atoms. The van der Waals surface area contributed by atoms with Crippen LogP contribution in [0.5, 0.6) is 0 Å². The van der Waals surface area contributed by atoms with E-state index >= 15 is 0 Å². The number of hydrogen-bond donors (Lipinski definition) is 4. The standard InChI is InChI=1S/C20H38O8P2/c1-15(10-14-27-30(25,26)28-29(22,23)24)7-8-17-19(4)12-6-11-18(2,3)16(19)9-13-20(17,5)21/h10,16-17,21H,6-9,11-14H2,1-5H3,(H,25,26)(H2,22,23,24)/b15-10+/t16?,17-,19+,20-/m0/s1. The van der Waals surface area contributed by atoms with Crippen molar-refractivity contribution in [2.75, 3.05) is 6.61 Å². The van der Waals surface area contributed by atoms with Crippen LogP contribution in [-0.4, -0.2) is 32.0 Å². The molecule has 5 atom stereocenters. The van der Waals surface area contributed by atoms with Crippen LogP contribution in [-0.2, 0) is 18.0 Å². The summed E-state index contributed by atoms with van der Waals surface area (Å²) in [4.78, 5) is 26.6. The lowest BCUT2D eigenvalue weighted by molar-refractivity contribution is -0.168. The third-order valence-corrected chi connectivity index (χ3v) is 9.62. The molecule has 0 radical (unpaired) electrons. The maximum atomic E-state index is 11.5. The molecule has 0 aromatic heterocycles. The first kappa shape index (κ1) is 26.2. The zero-order chi connectivity index (χ0) is 23.0. The van der Waals surface area contributed by atoms with Gasteiger partial charge in [0.15, 0.2) is 0 Å². The highest BCUT2D eigenvalue weighted by Crippen LogP contribution is 2.63. The summed E-state index contributed by atoms with van der Waals surface area (Å²) in [5, 5.41) is 11.2. The fourth-order valence-electron chi connectivity index (χ4n) is 6.17. The number of phosphoric ester groups is 1. The van der Waals surface area contributed by atoms with Crippen molar-refractivity contribution in [2.24, 2.45) is 22.7 Å². The average Bonchev–Trinajstić information content (AvgIpc) is 2.50. The van der Waals surface area contributed by atoms with E-state index in [0.29, 0.717) is 12.3 Å². The van der Waals surface area contributed by atoms with Crippen LogP contribution in [0.2, 0.25) is 0 Å². The zero-order valence-electron chi connectivity index (χ0n) is 18.7. The Morgan fingerprint density at radius 3 is 2.33 bits per heavy atom. The van der Waals surface area contributed by atoms with Gasteiger partial charge in [0.2, 0.25) is 0 Å². The smallest absolute Gasteiger partial charge is 0.390 e. The lowest BCUT2D eigenvalue weighted by atomic mass is 9.45. The minimum Gasteiger partial charge on any atom is -0.390 e. The second kappa shape index (κ2) is 9.07. The van der Waals surface area contributed by atoms with E-state index in [-0.39, 0.29) is 23.4 Å². The van der Waals surface area contributed by atoms with E-state index in [1.165, 1.54) is 12.8 Å². The highest BCUT2D eigenvalue weighted by atomic mass is 31.3. The predicted octanol–water partition coefficient (Wildman–Crippen LogP) is 4.93. The highest BCUT2D eigenvalue weighted by molar-refractivity contribution is 7.60. The summed E-state index contributed by atoms with van der Waals surface area (Å²) in [5.74, 6) is 0.719. The van der Waals surface area contributed by atoms with Crippen LogP contribution in [0.3, 0.4) is 0 Å². The molecule has 0 bridgehead atoms. The van der Waals surface area contributed by atoms with Crippen molar-refractivity contribution in [2.45, 2.75) is 85.2 Å². The van der Waals surface area contributed by atoms with Crippen molar-refractivity contribution in [3.63, 3.8) is 0 Å². The van der Waals surface area contributed by atoms with Crippen molar-refractivity contribution in [1.29, 1.82) is 0 Å². The fraction of sp³-hybridized carbons (Fsp3) is 0.900. The second-order valence-electron chi connectivity index (χ2n) is 10.3. The molecule has 176 valence electrons. The van der Waals surface area contributed by atoms with Gasteiger partial charge in [0.25, 0.3) is 0 Å². The first-order valence-corrected chi connectivity index (χ1v) is 13.6. The van der Waals surface area contributed by atoms with Crippen LogP contribution in [0.25, 0.3) is 0 Å². The second-order valence-corrected chi connectivity index (χ2v) is 13.1. The topological polar surface area (TPSA) is 134 Å². The molecule has 2 rings (SSSR count). The van der Waals surface area contributed by atoms with Crippen molar-refractivity contribution in [3.05, 3.63) is 11.6 Å². The largest absolute Gasteiger partial charge is 0.481 e. The summed E-state index contributed by atoms with van der Waals surface area (Å²) in [7, 11) is -9.94. The number of phosphoric acid groups is 2. The molecule has 0 saturated heterocycles. The summed E-state index contributed by atoms with van der Waals surface area (Å²) in [5.41, 5.74) is 0.524. The molecule has 2 aliphatic carbocycles. The minimum atomic E-state index is -5.12. The van der Waals surface area contributed by atoms with Crippen molar-refractivity contribution in [3.8, 4) is 0 Å². The van der Waals surface area contributed by atoms with Crippen LogP contribution in [0.15, 0.2) is 11.6 Å². The molecule has 30 heavy (non-hydrogen) atoms. The van der Waals surface area contributed by atoms with Crippen LogP contribution >= 0.6 is 15.6 Å². The van der Waals surface area contributed by atoms with Gasteiger partial charge in [0.05, 0.1) is 12.2 Å². The molecular formula is C20H38O8P2. The Balaban J connectivity index is 2.02. The molecule has 0 amide bonds. The van der Waals surface area contributed by atoms with Crippen LogP contribution < -0.4 is 0 Å². The molecule has 10 heteroatoms. The molecule has 2 saturated carbocycles. The lowest BCUT2D eigenvalue weighted by Crippen LogP contribution is -2.57. The Morgan fingerprint density at radius 1 is 1.10 bits per heavy atom. The third-order valence-electron chi connectivity index (χ3n) is 7.47. The average molecular weight is 468 g/mol. The van der Waals surface area contributed by atoms with Gasteiger partial charge in [-0.2, -0.15) is 4.31 Å². The van der Waals surface area contributed by atoms with E-state index in [1.807, 2.05) is 13.8 Å². The summed E-state index contributed by atoms with van der Waals surface area (Å²) in [6, 6.07) is 0. The Bertz CT molecular complexity index is 741. The van der Waals surface area contributed by atoms with E-state index in [0.717, 1.165) is 31.3 Å². The monoisotopic (exact) mass is 468 g/mol. The molecule has 2 unspecified atom stereocenters. The Morgan fingerprint density at radius 2 is 1.73 bits per heavy atom. The predicted molar refractivity (Wildman–Crippen MR) is 114 cm³/mol. The summed E-state index contributed by atoms with van der Waals surface area (Å²) in [6.45, 7) is 10.6. The van der Waals surface area contributed by atoms with E-state index in [2.05, 4.69) is 29.6 Å². The number of aliphatic hydroxyl groups is 1. The minimum absolute atomic E-state index is 0.0678. The van der Waals surface area contributed by atoms with E-state index in [9.17, 15) is 19.1 Å². The van der Waals surface area contributed by atoms with E-state index in [1.54, 1.807) is 6.08 Å². The normalized spacial score (nSPS) is 36.8. The fourth-order valence-corrected chi connectivity index (χ4v) is 7.70. The van der Waals surface area contributed by atoms with Gasteiger partial charge in [-0.15, -0.1) is 0 Å². The third kappa shape index (κ3) is 6.49. The first-order valence-electron chi connectivity index (χ1n) is 10.6. The maximum absolute atomic E-state index is 11.5. The van der Waals surface area contributed by atoms with Crippen LogP contribution in [0.1, 0.15) is 79.6 Å². The number of fused-ring (bicyclic) bond motifs is 1. The van der Waals surface area contributed by atoms with Gasteiger partial charge in [-0.25, -0.2) is 9.13 Å². The molecule has 0 aromatic carbocycles. The molecule has 0 heterocycles. The molecule has 0 aliphatic heterocycles. The maximum Gasteiger partial charge on any atom is 0.481 e. The molecular weight excluding hydrogens is 430 g/mol. The van der Waals surface area contributed by atoms with Crippen molar-refractivity contribution >= 4 is 15.6 Å². The summed E-state index contributed by atoms with van der Waals surface area (Å²) in [6.07, 6.45) is 8.43. The molecule has 2 aliphatic rings. The number of hydrogen-bond acceptors (Lipinski definition) is 5. The van der Waals surface area contributed by atoms with Gasteiger partial charge < -0.3 is 19.8 Å². The van der Waals surface area contributed by atoms with Crippen LogP contribution in [0.4, 0.5) is 0 Å². The first-order chi connectivity index (χ1) is 13.5. The number of allylic oxidation sites excluding steroid dienone is 1. The van der Waals surface area contributed by atoms with Crippen molar-refractivity contribution in [1.82, 2.24) is 0 Å². The number of rotatable bonds is 8. The van der Waals surface area contributed by atoms with Gasteiger partial charge in [-0.3, -0.25) is 4.52 Å². The molecule has 2 fully saturated rings. The van der Waals surface area contributed by atoms with Crippen molar-refractivity contribution < 1.29 is 37.8 Å². The van der Waals surface area contributed by atoms with Gasteiger partial charge in [-0.1, -0.05) is 38.8 Å². The quantitative estimate of drug-likeness (QED) is 0.291. The Hall–Kier alpha value is -0.0400. The van der Waals surface area contributed by atoms with Gasteiger partial charge in [0, 0.05) is 0 Å². The Labute approximate surface area is 179 Å². The van der Waals surface area contributed by atoms with Gasteiger partial charge >= 0.3 is 15.6 Å². The Kier molecular flexibility index (Phi) is 7.93. The molecule has 4 N–H and O–H groups in total. The van der Waals surface area contributed by atoms with Crippen LogP contribution in [0, 0.1) is 22.7 Å². The highest BCUT2D eigenvalue weighted by Gasteiger charge is 2.57. The van der Waals surface area contributed by atoms with Gasteiger partial charge in [-0.05, 0) is 75.0 Å². The lowest BCUT2D eigenvalue weighted by Gasteiger charge is -2.61. The zero-order valence-corrected chi connectivity index (χ0v) is 20.5. The van der Waals surface area contributed by atoms with E-state index in [4.69, 9.17) is 9.79 Å². The molecule has 8 nitrogen and oxygen atoms in total. The molecule has 0 aromatic rings. The summed E-state index contributed by atoms with van der Waals surface area (Å²) < 4.78 is 30.6. The van der Waals surface area contributed by atoms with E-state index < -0.39 is 21.2 Å². The summed E-state index contributed by atoms with van der Waals surface area (Å²) >= 11 is 0. The van der Waals surface area contributed by atoms with Gasteiger partial charge in [0.1, 0.15) is 0 Å².